The molecule has 4 rings (SSSR count). The normalized spacial score (nSPS) is 10.7. The number of amides is 1. The lowest BCUT2D eigenvalue weighted by molar-refractivity contribution is -0.113. The molecular weight excluding hydrogens is 444 g/mol. The maximum absolute atomic E-state index is 12.5. The molecule has 1 amide bonds. The number of hydrogen-bond acceptors (Lipinski definition) is 5. The Bertz CT molecular complexity index is 1240. The van der Waals surface area contributed by atoms with Gasteiger partial charge in [0.05, 0.1) is 12.9 Å². The third-order valence-electron chi connectivity index (χ3n) is 4.68. The van der Waals surface area contributed by atoms with Crippen molar-refractivity contribution < 1.29 is 9.53 Å². The number of carbonyl (C=O) groups excluding carboxylic acids is 1. The van der Waals surface area contributed by atoms with Crippen molar-refractivity contribution in [3.63, 3.8) is 0 Å². The van der Waals surface area contributed by atoms with Gasteiger partial charge in [0.1, 0.15) is 5.75 Å². The van der Waals surface area contributed by atoms with Gasteiger partial charge in [0.25, 0.3) is 0 Å². The van der Waals surface area contributed by atoms with Gasteiger partial charge in [-0.2, -0.15) is 0 Å². The smallest absolute Gasteiger partial charge is 0.234 e. The monoisotopic (exact) mass is 464 g/mol. The van der Waals surface area contributed by atoms with Gasteiger partial charge in [0.2, 0.25) is 5.91 Å². The molecule has 0 bridgehead atoms. The fourth-order valence-electron chi connectivity index (χ4n) is 3.19. The Hall–Kier alpha value is -3.29. The second kappa shape index (κ2) is 9.89. The minimum absolute atomic E-state index is 0.116. The number of nitrogens with one attached hydrogen (secondary N) is 1. The highest BCUT2D eigenvalue weighted by atomic mass is 35.5. The highest BCUT2D eigenvalue weighted by Gasteiger charge is 2.18. The van der Waals surface area contributed by atoms with Crippen LogP contribution in [0.1, 0.15) is 5.56 Å². The summed E-state index contributed by atoms with van der Waals surface area (Å²) >= 11 is 7.40. The number of aromatic nitrogens is 3. The molecular formula is C24H21ClN4O2S. The summed E-state index contributed by atoms with van der Waals surface area (Å²) < 4.78 is 7.27. The summed E-state index contributed by atoms with van der Waals surface area (Å²) in [7, 11) is 1.62. The summed E-state index contributed by atoms with van der Waals surface area (Å²) in [6.07, 6.45) is 0. The van der Waals surface area contributed by atoms with Gasteiger partial charge in [0, 0.05) is 22.0 Å². The molecule has 0 aliphatic heterocycles. The van der Waals surface area contributed by atoms with Crippen LogP contribution in [0.3, 0.4) is 0 Å². The molecule has 0 aliphatic rings. The first kappa shape index (κ1) is 21.9. The molecule has 0 spiro atoms. The lowest BCUT2D eigenvalue weighted by atomic mass is 10.2. The third-order valence-corrected chi connectivity index (χ3v) is 5.86. The molecule has 4 aromatic rings. The number of hydrogen-bond donors (Lipinski definition) is 1. The first-order valence-corrected chi connectivity index (χ1v) is 11.2. The van der Waals surface area contributed by atoms with Crippen molar-refractivity contribution >= 4 is 35.0 Å². The van der Waals surface area contributed by atoms with E-state index in [0.29, 0.717) is 16.0 Å². The second-order valence-electron chi connectivity index (χ2n) is 7.06. The van der Waals surface area contributed by atoms with E-state index in [-0.39, 0.29) is 11.7 Å². The van der Waals surface area contributed by atoms with Crippen LogP contribution < -0.4 is 10.1 Å². The van der Waals surface area contributed by atoms with Crippen molar-refractivity contribution in [3.8, 4) is 22.8 Å². The van der Waals surface area contributed by atoms with Crippen molar-refractivity contribution in [2.45, 2.75) is 12.1 Å². The fourth-order valence-corrected chi connectivity index (χ4v) is 4.06. The van der Waals surface area contributed by atoms with Gasteiger partial charge in [-0.25, -0.2) is 0 Å². The molecule has 8 heteroatoms. The molecule has 0 atom stereocenters. The number of methoxy groups -OCH3 is 1. The van der Waals surface area contributed by atoms with Crippen LogP contribution in [-0.4, -0.2) is 33.5 Å². The van der Waals surface area contributed by atoms with E-state index in [2.05, 4.69) is 15.5 Å². The highest BCUT2D eigenvalue weighted by molar-refractivity contribution is 7.99. The van der Waals surface area contributed by atoms with Gasteiger partial charge in [-0.15, -0.1) is 10.2 Å². The molecule has 6 nitrogen and oxygen atoms in total. The zero-order chi connectivity index (χ0) is 22.5. The molecule has 0 radical (unpaired) electrons. The van der Waals surface area contributed by atoms with Gasteiger partial charge in [0.15, 0.2) is 11.0 Å². The van der Waals surface area contributed by atoms with Crippen LogP contribution in [0.5, 0.6) is 5.75 Å². The Morgan fingerprint density at radius 3 is 2.59 bits per heavy atom. The summed E-state index contributed by atoms with van der Waals surface area (Å²) in [5, 5.41) is 12.9. The van der Waals surface area contributed by atoms with Crippen molar-refractivity contribution in [1.29, 1.82) is 0 Å². The lowest BCUT2D eigenvalue weighted by Gasteiger charge is -2.11. The molecule has 0 unspecified atom stereocenters. The lowest BCUT2D eigenvalue weighted by Crippen LogP contribution is -2.14. The largest absolute Gasteiger partial charge is 0.497 e. The average Bonchev–Trinajstić information content (AvgIpc) is 3.22. The SMILES string of the molecule is COc1cccc(-c2nnc(SCC(=O)Nc3cccc(C)c3)n2-c2ccc(Cl)cc2)c1. The summed E-state index contributed by atoms with van der Waals surface area (Å²) in [5.41, 5.74) is 3.55. The van der Waals surface area contributed by atoms with E-state index in [4.69, 9.17) is 16.3 Å². The fraction of sp³-hybridized carbons (Fsp3) is 0.125. The van der Waals surface area contributed by atoms with E-state index in [0.717, 1.165) is 28.3 Å². The minimum Gasteiger partial charge on any atom is -0.497 e. The van der Waals surface area contributed by atoms with Crippen molar-refractivity contribution in [2.24, 2.45) is 0 Å². The Morgan fingerprint density at radius 1 is 1.06 bits per heavy atom. The summed E-state index contributed by atoms with van der Waals surface area (Å²) in [6.45, 7) is 1.99. The molecule has 1 N–H and O–H groups in total. The number of rotatable bonds is 7. The van der Waals surface area contributed by atoms with Gasteiger partial charge < -0.3 is 10.1 Å². The summed E-state index contributed by atoms with van der Waals surface area (Å²) in [6, 6.07) is 22.7. The molecule has 162 valence electrons. The molecule has 1 aromatic heterocycles. The predicted molar refractivity (Wildman–Crippen MR) is 129 cm³/mol. The average molecular weight is 465 g/mol. The first-order chi connectivity index (χ1) is 15.5. The van der Waals surface area contributed by atoms with E-state index in [1.807, 2.05) is 84.3 Å². The second-order valence-corrected chi connectivity index (χ2v) is 8.44. The number of nitrogens with zero attached hydrogens (tertiary/aromatic N) is 3. The van der Waals surface area contributed by atoms with E-state index in [9.17, 15) is 4.79 Å². The van der Waals surface area contributed by atoms with Crippen molar-refractivity contribution in [3.05, 3.63) is 83.4 Å². The van der Waals surface area contributed by atoms with E-state index in [1.165, 1.54) is 11.8 Å². The number of benzene rings is 3. The minimum atomic E-state index is -0.116. The molecule has 0 aliphatic carbocycles. The predicted octanol–water partition coefficient (Wildman–Crippen LogP) is 5.64. The van der Waals surface area contributed by atoms with E-state index >= 15 is 0 Å². The Kier molecular flexibility index (Phi) is 6.78. The van der Waals surface area contributed by atoms with Crippen molar-refractivity contribution in [2.75, 3.05) is 18.2 Å². The molecule has 32 heavy (non-hydrogen) atoms. The summed E-state index contributed by atoms with van der Waals surface area (Å²) in [5.74, 6) is 1.44. The third kappa shape index (κ3) is 5.12. The van der Waals surface area contributed by atoms with Crippen LogP contribution in [0, 0.1) is 6.92 Å². The molecule has 0 saturated heterocycles. The Morgan fingerprint density at radius 2 is 1.84 bits per heavy atom. The van der Waals surface area contributed by atoms with Crippen molar-refractivity contribution in [1.82, 2.24) is 14.8 Å². The zero-order valence-electron chi connectivity index (χ0n) is 17.6. The van der Waals surface area contributed by atoms with E-state index < -0.39 is 0 Å². The van der Waals surface area contributed by atoms with Crippen LogP contribution in [0.15, 0.2) is 78.0 Å². The maximum atomic E-state index is 12.5. The standard InChI is InChI=1S/C24H21ClN4O2S/c1-16-5-3-7-19(13-16)26-22(30)15-32-24-28-27-23(17-6-4-8-21(14-17)31-2)29(24)20-11-9-18(25)10-12-20/h3-14H,15H2,1-2H3,(H,26,30). The molecule has 3 aromatic carbocycles. The molecule has 1 heterocycles. The number of carbonyl (C=O) groups is 1. The number of anilines is 1. The van der Waals surface area contributed by atoms with Crippen LogP contribution >= 0.6 is 23.4 Å². The highest BCUT2D eigenvalue weighted by Crippen LogP contribution is 2.30. The number of thioether (sulfide) groups is 1. The van der Waals surface area contributed by atoms with Crippen LogP contribution in [0.25, 0.3) is 17.1 Å². The first-order valence-electron chi connectivity index (χ1n) is 9.88. The van der Waals surface area contributed by atoms with Crippen LogP contribution in [0.4, 0.5) is 5.69 Å². The number of ether oxygens (including phenoxy) is 1. The quantitative estimate of drug-likeness (QED) is 0.359. The topological polar surface area (TPSA) is 69.0 Å². The van der Waals surface area contributed by atoms with Crippen LogP contribution in [-0.2, 0) is 4.79 Å². The zero-order valence-corrected chi connectivity index (χ0v) is 19.2. The number of halogens is 1. The van der Waals surface area contributed by atoms with Gasteiger partial charge in [-0.3, -0.25) is 9.36 Å². The molecule has 0 saturated carbocycles. The van der Waals surface area contributed by atoms with E-state index in [1.54, 1.807) is 7.11 Å². The van der Waals surface area contributed by atoms with Gasteiger partial charge >= 0.3 is 0 Å². The number of aryl methyl sites for hydroxylation is 1. The van der Waals surface area contributed by atoms with Gasteiger partial charge in [-0.05, 0) is 61.0 Å². The molecule has 0 fully saturated rings. The summed E-state index contributed by atoms with van der Waals surface area (Å²) in [4.78, 5) is 12.5. The Balaban J connectivity index is 1.62. The van der Waals surface area contributed by atoms with Crippen LogP contribution in [0.2, 0.25) is 5.02 Å². The maximum Gasteiger partial charge on any atom is 0.234 e. The van der Waals surface area contributed by atoms with Gasteiger partial charge in [-0.1, -0.05) is 47.6 Å². The Labute approximate surface area is 195 Å².